The zero-order chi connectivity index (χ0) is 25.2. The Morgan fingerprint density at radius 3 is 2.03 bits per heavy atom. The molecular weight excluding hydrogens is 444 g/mol. The molecule has 2 amide bonds. The molecule has 4 rings (SSSR count). The Hall–Kier alpha value is -3.35. The van der Waals surface area contributed by atoms with E-state index in [9.17, 15) is 19.5 Å². The molecule has 7 nitrogen and oxygen atoms in total. The van der Waals surface area contributed by atoms with Gasteiger partial charge >= 0.3 is 12.1 Å². The van der Waals surface area contributed by atoms with Crippen molar-refractivity contribution in [2.75, 3.05) is 6.61 Å². The Morgan fingerprint density at radius 1 is 0.943 bits per heavy atom. The minimum absolute atomic E-state index is 0.0283. The van der Waals surface area contributed by atoms with Gasteiger partial charge in [0.1, 0.15) is 6.61 Å². The lowest BCUT2D eigenvalue weighted by Gasteiger charge is -2.31. The van der Waals surface area contributed by atoms with Gasteiger partial charge in [0, 0.05) is 24.4 Å². The lowest BCUT2D eigenvalue weighted by molar-refractivity contribution is -0.138. The second-order valence-corrected chi connectivity index (χ2v) is 10.7. The molecule has 0 aliphatic heterocycles. The van der Waals surface area contributed by atoms with Gasteiger partial charge in [-0.15, -0.1) is 0 Å². The average Bonchev–Trinajstić information content (AvgIpc) is 3.59. The largest absolute Gasteiger partial charge is 0.481 e. The third-order valence-corrected chi connectivity index (χ3v) is 7.00. The van der Waals surface area contributed by atoms with E-state index in [1.54, 1.807) is 0 Å². The van der Waals surface area contributed by atoms with Gasteiger partial charge in [-0.25, -0.2) is 4.79 Å². The van der Waals surface area contributed by atoms with Gasteiger partial charge in [-0.1, -0.05) is 69.3 Å². The molecule has 0 radical (unpaired) electrons. The normalized spacial score (nSPS) is 16.5. The highest BCUT2D eigenvalue weighted by Gasteiger charge is 2.36. The molecule has 0 heterocycles. The van der Waals surface area contributed by atoms with Crippen molar-refractivity contribution in [1.29, 1.82) is 0 Å². The van der Waals surface area contributed by atoms with Crippen LogP contribution in [0.25, 0.3) is 11.1 Å². The van der Waals surface area contributed by atoms with Crippen molar-refractivity contribution >= 4 is 18.0 Å². The van der Waals surface area contributed by atoms with Crippen LogP contribution >= 0.6 is 0 Å². The van der Waals surface area contributed by atoms with Crippen molar-refractivity contribution in [2.45, 2.75) is 64.5 Å². The smallest absolute Gasteiger partial charge is 0.407 e. The number of amides is 2. The summed E-state index contributed by atoms with van der Waals surface area (Å²) < 4.78 is 5.66. The van der Waals surface area contributed by atoms with Crippen molar-refractivity contribution in [2.24, 2.45) is 11.3 Å². The maximum atomic E-state index is 12.8. The topological polar surface area (TPSA) is 105 Å². The molecule has 0 bridgehead atoms. The first-order valence-electron chi connectivity index (χ1n) is 12.3. The van der Waals surface area contributed by atoms with E-state index in [1.165, 1.54) is 11.1 Å². The summed E-state index contributed by atoms with van der Waals surface area (Å²) in [6.07, 6.45) is 1.30. The highest BCUT2D eigenvalue weighted by Crippen LogP contribution is 2.44. The summed E-state index contributed by atoms with van der Waals surface area (Å²) >= 11 is 0. The van der Waals surface area contributed by atoms with E-state index in [2.05, 4.69) is 34.9 Å². The van der Waals surface area contributed by atoms with E-state index in [0.717, 1.165) is 24.0 Å². The Labute approximate surface area is 206 Å². The molecule has 0 saturated heterocycles. The number of carboxylic acids is 1. The van der Waals surface area contributed by atoms with Gasteiger partial charge < -0.3 is 20.5 Å². The van der Waals surface area contributed by atoms with Crippen LogP contribution in [0.4, 0.5) is 4.79 Å². The first-order valence-corrected chi connectivity index (χ1v) is 12.3. The van der Waals surface area contributed by atoms with Crippen molar-refractivity contribution in [3.8, 4) is 11.1 Å². The molecular formula is C28H34N2O5. The number of benzene rings is 2. The van der Waals surface area contributed by atoms with E-state index >= 15 is 0 Å². The summed E-state index contributed by atoms with van der Waals surface area (Å²) in [5.41, 5.74) is 4.22. The fourth-order valence-corrected chi connectivity index (χ4v) is 4.83. The molecule has 2 aromatic carbocycles. The molecule has 2 aliphatic carbocycles. The molecule has 3 N–H and O–H groups in total. The quantitative estimate of drug-likeness (QED) is 0.485. The molecule has 1 saturated carbocycles. The van der Waals surface area contributed by atoms with Crippen LogP contribution in [0.15, 0.2) is 48.5 Å². The number of hydrogen-bond acceptors (Lipinski definition) is 4. The number of aliphatic carboxylic acids is 1. The number of carbonyl (C=O) groups excluding carboxylic acids is 2. The number of carboxylic acid groups (broad SMARTS) is 1. The highest BCUT2D eigenvalue weighted by atomic mass is 16.5. The molecule has 1 fully saturated rings. The third-order valence-electron chi connectivity index (χ3n) is 7.00. The predicted octanol–water partition coefficient (Wildman–Crippen LogP) is 4.70. The van der Waals surface area contributed by atoms with Crippen LogP contribution in [-0.2, 0) is 14.3 Å². The summed E-state index contributed by atoms with van der Waals surface area (Å²) in [5, 5.41) is 15.0. The molecule has 2 unspecified atom stereocenters. The van der Waals surface area contributed by atoms with Gasteiger partial charge in [0.2, 0.25) is 5.91 Å². The number of hydrogen-bond donors (Lipinski definition) is 3. The number of alkyl carbamates (subject to hydrolysis) is 1. The zero-order valence-corrected chi connectivity index (χ0v) is 20.5. The number of rotatable bonds is 9. The molecule has 35 heavy (non-hydrogen) atoms. The van der Waals surface area contributed by atoms with Gasteiger partial charge in [-0.05, 0) is 46.4 Å². The summed E-state index contributed by atoms with van der Waals surface area (Å²) in [7, 11) is 0. The van der Waals surface area contributed by atoms with Crippen LogP contribution < -0.4 is 10.6 Å². The average molecular weight is 479 g/mol. The SMILES string of the molecule is CC(C)(C)C(CC(=O)O)NC(=O)CC(NC(=O)OCC1c2ccccc2-c2ccccc21)C1CC1. The first kappa shape index (κ1) is 24.8. The maximum Gasteiger partial charge on any atom is 0.407 e. The van der Waals surface area contributed by atoms with Crippen LogP contribution in [0.2, 0.25) is 0 Å². The fourth-order valence-electron chi connectivity index (χ4n) is 4.83. The zero-order valence-electron chi connectivity index (χ0n) is 20.5. The number of carbonyl (C=O) groups is 3. The van der Waals surface area contributed by atoms with Gasteiger partial charge in [0.15, 0.2) is 0 Å². The van der Waals surface area contributed by atoms with Crippen LogP contribution in [0.1, 0.15) is 63.5 Å². The molecule has 0 spiro atoms. The van der Waals surface area contributed by atoms with Gasteiger partial charge in [0.05, 0.1) is 6.42 Å². The molecule has 2 aliphatic rings. The van der Waals surface area contributed by atoms with Crippen LogP contribution in [-0.4, -0.2) is 41.8 Å². The van der Waals surface area contributed by atoms with Gasteiger partial charge in [-0.2, -0.15) is 0 Å². The molecule has 0 aromatic heterocycles. The van der Waals surface area contributed by atoms with Crippen molar-refractivity contribution in [1.82, 2.24) is 10.6 Å². The van der Waals surface area contributed by atoms with Gasteiger partial charge in [0.25, 0.3) is 0 Å². The van der Waals surface area contributed by atoms with Crippen molar-refractivity contribution in [3.05, 3.63) is 59.7 Å². The van der Waals surface area contributed by atoms with E-state index in [1.807, 2.05) is 45.0 Å². The van der Waals surface area contributed by atoms with Crippen molar-refractivity contribution in [3.63, 3.8) is 0 Å². The van der Waals surface area contributed by atoms with E-state index in [-0.39, 0.29) is 43.2 Å². The monoisotopic (exact) mass is 478 g/mol. The third kappa shape index (κ3) is 6.02. The standard InChI is InChI=1S/C28H34N2O5/c1-28(2,3)24(15-26(32)33)30-25(31)14-23(17-12-13-17)29-27(34)35-16-22-20-10-6-4-8-18(20)19-9-5-7-11-21(19)22/h4-11,17,22-24H,12-16H2,1-3H3,(H,29,34)(H,30,31)(H,32,33). The fraction of sp³-hybridized carbons (Fsp3) is 0.464. The molecule has 2 atom stereocenters. The van der Waals surface area contributed by atoms with Crippen LogP contribution in [0, 0.1) is 11.3 Å². The molecule has 2 aromatic rings. The number of ether oxygens (including phenoxy) is 1. The minimum atomic E-state index is -0.958. The summed E-state index contributed by atoms with van der Waals surface area (Å²) in [6.45, 7) is 5.91. The lowest BCUT2D eigenvalue weighted by Crippen LogP contribution is -2.48. The van der Waals surface area contributed by atoms with Crippen LogP contribution in [0.3, 0.4) is 0 Å². The van der Waals surface area contributed by atoms with E-state index in [4.69, 9.17) is 4.74 Å². The lowest BCUT2D eigenvalue weighted by atomic mass is 9.84. The second-order valence-electron chi connectivity index (χ2n) is 10.7. The Bertz CT molecular complexity index is 1060. The second kappa shape index (κ2) is 10.1. The Balaban J connectivity index is 1.35. The molecule has 7 heteroatoms. The highest BCUT2D eigenvalue weighted by molar-refractivity contribution is 5.80. The minimum Gasteiger partial charge on any atom is -0.481 e. The van der Waals surface area contributed by atoms with E-state index < -0.39 is 23.5 Å². The van der Waals surface area contributed by atoms with Crippen LogP contribution in [0.5, 0.6) is 0 Å². The Kier molecular flexibility index (Phi) is 7.15. The molecule has 186 valence electrons. The predicted molar refractivity (Wildman–Crippen MR) is 133 cm³/mol. The first-order chi connectivity index (χ1) is 16.6. The maximum absolute atomic E-state index is 12.8. The van der Waals surface area contributed by atoms with Gasteiger partial charge in [-0.3, -0.25) is 9.59 Å². The number of nitrogens with one attached hydrogen (secondary N) is 2. The summed E-state index contributed by atoms with van der Waals surface area (Å²) in [6, 6.07) is 15.5. The summed E-state index contributed by atoms with van der Waals surface area (Å²) in [4.78, 5) is 36.7. The Morgan fingerprint density at radius 2 is 1.51 bits per heavy atom. The number of fused-ring (bicyclic) bond motifs is 3. The summed E-state index contributed by atoms with van der Waals surface area (Å²) in [5.74, 6) is -1.02. The van der Waals surface area contributed by atoms with Crippen molar-refractivity contribution < 1.29 is 24.2 Å². The van der Waals surface area contributed by atoms with E-state index in [0.29, 0.717) is 0 Å².